The highest BCUT2D eigenvalue weighted by Crippen LogP contribution is 2.44. The fourth-order valence-electron chi connectivity index (χ4n) is 5.44. The van der Waals surface area contributed by atoms with Crippen LogP contribution >= 0.6 is 0 Å². The Balaban J connectivity index is 1.35. The summed E-state index contributed by atoms with van der Waals surface area (Å²) in [6.45, 7) is 0. The third-order valence-electron chi connectivity index (χ3n) is 7.37. The van der Waals surface area contributed by atoms with Gasteiger partial charge in [-0.1, -0.05) is 115 Å². The van der Waals surface area contributed by atoms with Crippen LogP contribution in [-0.4, -0.2) is 10.2 Å². The molecule has 4 aromatic rings. The SMILES string of the molecule is Oc1ccc(C2=CC(C(c3ccc(-c4ccccc4)cc3)C3C=CC(c4ccc(O)cc4)=C3)C=C2)cc1. The van der Waals surface area contributed by atoms with Gasteiger partial charge in [-0.3, -0.25) is 0 Å². The number of phenolic OH excluding ortho intramolecular Hbond substituents is 2. The molecule has 0 heterocycles. The standard InChI is InChI=1S/C35H28O2/c36-33-18-14-26(15-19-33)29-10-12-31(22-29)35(28-8-6-25(7-9-28)24-4-2-1-3-5-24)32-13-11-30(23-32)27-16-20-34(37)21-17-27/h1-23,31-32,35-37H. The second-order valence-corrected chi connectivity index (χ2v) is 9.72. The van der Waals surface area contributed by atoms with Crippen LogP contribution < -0.4 is 0 Å². The molecule has 0 spiro atoms. The third-order valence-corrected chi connectivity index (χ3v) is 7.37. The largest absolute Gasteiger partial charge is 0.508 e. The van der Waals surface area contributed by atoms with Crippen LogP contribution in [0.4, 0.5) is 0 Å². The van der Waals surface area contributed by atoms with Gasteiger partial charge in [-0.05, 0) is 63.2 Å². The van der Waals surface area contributed by atoms with E-state index in [0.717, 1.165) is 11.1 Å². The molecular weight excluding hydrogens is 452 g/mol. The summed E-state index contributed by atoms with van der Waals surface area (Å²) in [5.41, 5.74) is 8.31. The second kappa shape index (κ2) is 9.83. The van der Waals surface area contributed by atoms with Crippen molar-refractivity contribution in [2.75, 3.05) is 0 Å². The van der Waals surface area contributed by atoms with Gasteiger partial charge in [0, 0.05) is 17.8 Å². The lowest BCUT2D eigenvalue weighted by Gasteiger charge is -2.26. The smallest absolute Gasteiger partial charge is 0.115 e. The highest BCUT2D eigenvalue weighted by molar-refractivity contribution is 5.79. The summed E-state index contributed by atoms with van der Waals surface area (Å²) in [4.78, 5) is 0. The van der Waals surface area contributed by atoms with Gasteiger partial charge >= 0.3 is 0 Å². The Bertz CT molecular complexity index is 1430. The monoisotopic (exact) mass is 480 g/mol. The first-order valence-corrected chi connectivity index (χ1v) is 12.7. The predicted molar refractivity (Wildman–Crippen MR) is 152 cm³/mol. The van der Waals surface area contributed by atoms with E-state index < -0.39 is 0 Å². The molecule has 0 fully saturated rings. The molecule has 0 amide bonds. The number of hydrogen-bond donors (Lipinski definition) is 2. The lowest BCUT2D eigenvalue weighted by atomic mass is 9.77. The first-order chi connectivity index (χ1) is 18.1. The number of hydrogen-bond acceptors (Lipinski definition) is 2. The van der Waals surface area contributed by atoms with Gasteiger partial charge in [-0.15, -0.1) is 0 Å². The summed E-state index contributed by atoms with van der Waals surface area (Å²) >= 11 is 0. The molecule has 2 aliphatic carbocycles. The normalized spacial score (nSPS) is 19.0. The molecule has 2 atom stereocenters. The van der Waals surface area contributed by atoms with Crippen LogP contribution in [0.3, 0.4) is 0 Å². The van der Waals surface area contributed by atoms with Gasteiger partial charge in [0.15, 0.2) is 0 Å². The fraction of sp³-hybridized carbons (Fsp3) is 0.0857. The third kappa shape index (κ3) is 4.79. The van der Waals surface area contributed by atoms with E-state index in [4.69, 9.17) is 0 Å². The Morgan fingerprint density at radius 1 is 0.459 bits per heavy atom. The Hall–Kier alpha value is -4.56. The van der Waals surface area contributed by atoms with Gasteiger partial charge in [-0.2, -0.15) is 0 Å². The van der Waals surface area contributed by atoms with Crippen molar-refractivity contribution in [2.45, 2.75) is 5.92 Å². The van der Waals surface area contributed by atoms with Gasteiger partial charge in [0.05, 0.1) is 0 Å². The van der Waals surface area contributed by atoms with Crippen LogP contribution in [0.25, 0.3) is 22.3 Å². The zero-order chi connectivity index (χ0) is 25.2. The topological polar surface area (TPSA) is 40.5 Å². The fourth-order valence-corrected chi connectivity index (χ4v) is 5.44. The van der Waals surface area contributed by atoms with Crippen LogP contribution in [0.2, 0.25) is 0 Å². The first kappa shape index (κ1) is 22.9. The minimum Gasteiger partial charge on any atom is -0.508 e. The molecule has 2 unspecified atom stereocenters. The molecule has 6 rings (SSSR count). The molecule has 180 valence electrons. The van der Waals surface area contributed by atoms with Crippen molar-refractivity contribution in [2.24, 2.45) is 11.8 Å². The van der Waals surface area contributed by atoms with E-state index in [2.05, 4.69) is 85.0 Å². The van der Waals surface area contributed by atoms with Crippen LogP contribution in [0.5, 0.6) is 11.5 Å². The Morgan fingerprint density at radius 3 is 1.38 bits per heavy atom. The summed E-state index contributed by atoms with van der Waals surface area (Å²) in [6.07, 6.45) is 13.7. The van der Waals surface area contributed by atoms with Crippen molar-refractivity contribution in [1.29, 1.82) is 0 Å². The highest BCUT2D eigenvalue weighted by Gasteiger charge is 2.30. The van der Waals surface area contributed by atoms with E-state index in [1.807, 2.05) is 30.3 Å². The van der Waals surface area contributed by atoms with Crippen molar-refractivity contribution in [3.05, 3.63) is 156 Å². The number of rotatable bonds is 6. The van der Waals surface area contributed by atoms with Gasteiger partial charge < -0.3 is 10.2 Å². The molecular formula is C35H28O2. The number of benzene rings is 4. The van der Waals surface area contributed by atoms with E-state index in [0.29, 0.717) is 0 Å². The van der Waals surface area contributed by atoms with Crippen LogP contribution in [0, 0.1) is 11.8 Å². The molecule has 2 aliphatic rings. The minimum atomic E-state index is 0.233. The van der Waals surface area contributed by atoms with Gasteiger partial charge in [0.25, 0.3) is 0 Å². The predicted octanol–water partition coefficient (Wildman–Crippen LogP) is 8.39. The molecule has 0 aliphatic heterocycles. The maximum absolute atomic E-state index is 9.71. The van der Waals surface area contributed by atoms with Crippen molar-refractivity contribution >= 4 is 11.1 Å². The Kier molecular flexibility index (Phi) is 6.08. The van der Waals surface area contributed by atoms with Crippen molar-refractivity contribution in [3.63, 3.8) is 0 Å². The van der Waals surface area contributed by atoms with E-state index in [1.54, 1.807) is 24.3 Å². The van der Waals surface area contributed by atoms with Crippen molar-refractivity contribution in [1.82, 2.24) is 0 Å². The van der Waals surface area contributed by atoms with E-state index in [9.17, 15) is 10.2 Å². The molecule has 2 heteroatoms. The highest BCUT2D eigenvalue weighted by atomic mass is 16.3. The summed E-state index contributed by atoms with van der Waals surface area (Å²) in [5, 5.41) is 19.4. The molecule has 0 saturated heterocycles. The summed E-state index contributed by atoms with van der Waals surface area (Å²) in [5.74, 6) is 1.26. The average molecular weight is 481 g/mol. The van der Waals surface area contributed by atoms with Crippen LogP contribution in [0.15, 0.2) is 140 Å². The van der Waals surface area contributed by atoms with Crippen molar-refractivity contribution < 1.29 is 10.2 Å². The molecule has 37 heavy (non-hydrogen) atoms. The molecule has 4 aromatic carbocycles. The van der Waals surface area contributed by atoms with Gasteiger partial charge in [-0.25, -0.2) is 0 Å². The first-order valence-electron chi connectivity index (χ1n) is 12.7. The number of phenols is 2. The molecule has 0 saturated carbocycles. The Labute approximate surface area is 217 Å². The molecule has 0 aromatic heterocycles. The maximum atomic E-state index is 9.71. The second-order valence-electron chi connectivity index (χ2n) is 9.72. The van der Waals surface area contributed by atoms with Gasteiger partial charge in [0.1, 0.15) is 11.5 Å². The molecule has 0 radical (unpaired) electrons. The lowest BCUT2D eigenvalue weighted by Crippen LogP contribution is -2.15. The number of allylic oxidation sites excluding steroid dienone is 8. The summed E-state index contributed by atoms with van der Waals surface area (Å²) in [7, 11) is 0. The summed E-state index contributed by atoms with van der Waals surface area (Å²) < 4.78 is 0. The van der Waals surface area contributed by atoms with E-state index in [1.165, 1.54) is 27.8 Å². The Morgan fingerprint density at radius 2 is 0.892 bits per heavy atom. The van der Waals surface area contributed by atoms with Crippen LogP contribution in [-0.2, 0) is 0 Å². The lowest BCUT2D eigenvalue weighted by molar-refractivity contribution is 0.474. The quantitative estimate of drug-likeness (QED) is 0.291. The van der Waals surface area contributed by atoms with E-state index in [-0.39, 0.29) is 29.3 Å². The zero-order valence-electron chi connectivity index (χ0n) is 20.4. The minimum absolute atomic E-state index is 0.233. The van der Waals surface area contributed by atoms with Crippen molar-refractivity contribution in [3.8, 4) is 22.6 Å². The number of aromatic hydroxyl groups is 2. The van der Waals surface area contributed by atoms with Crippen LogP contribution in [0.1, 0.15) is 22.6 Å². The molecule has 2 N–H and O–H groups in total. The van der Waals surface area contributed by atoms with E-state index >= 15 is 0 Å². The molecule has 0 bridgehead atoms. The zero-order valence-corrected chi connectivity index (χ0v) is 20.4. The molecule has 2 nitrogen and oxygen atoms in total. The maximum Gasteiger partial charge on any atom is 0.115 e. The average Bonchev–Trinajstić information content (AvgIpc) is 3.62. The van der Waals surface area contributed by atoms with Gasteiger partial charge in [0.2, 0.25) is 0 Å². The summed E-state index contributed by atoms with van der Waals surface area (Å²) in [6, 6.07) is 34.3.